The van der Waals surface area contributed by atoms with E-state index < -0.39 is 5.41 Å². The Morgan fingerprint density at radius 3 is 2.41 bits per heavy atom. The number of aryl methyl sites for hydroxylation is 1. The molecule has 0 spiro atoms. The van der Waals surface area contributed by atoms with E-state index in [1.807, 2.05) is 49.4 Å². The molecule has 2 aromatic rings. The van der Waals surface area contributed by atoms with E-state index in [1.165, 1.54) is 30.4 Å². The largest absolute Gasteiger partial charge is 0.271 e. The molecule has 0 bridgehead atoms. The van der Waals surface area contributed by atoms with Crippen molar-refractivity contribution in [1.29, 1.82) is 0 Å². The van der Waals surface area contributed by atoms with Gasteiger partial charge < -0.3 is 0 Å². The highest BCUT2D eigenvalue weighted by atomic mass is 16.2. The first kappa shape index (κ1) is 22.3. The van der Waals surface area contributed by atoms with Crippen LogP contribution in [0.2, 0.25) is 0 Å². The number of hydrogen-bond acceptors (Lipinski definition) is 2. The van der Waals surface area contributed by atoms with Crippen LogP contribution in [0.25, 0.3) is 0 Å². The van der Waals surface area contributed by atoms with Gasteiger partial charge in [-0.05, 0) is 56.7 Å². The van der Waals surface area contributed by atoms with Gasteiger partial charge >= 0.3 is 0 Å². The molecule has 166 valence electrons. The lowest BCUT2D eigenvalue weighted by Gasteiger charge is -2.41. The fourth-order valence-corrected chi connectivity index (χ4v) is 5.53. The van der Waals surface area contributed by atoms with Crippen molar-refractivity contribution >= 4 is 17.3 Å². The Labute approximate surface area is 192 Å². The van der Waals surface area contributed by atoms with Crippen molar-refractivity contribution < 1.29 is 4.79 Å². The van der Waals surface area contributed by atoms with Crippen LogP contribution in [0.1, 0.15) is 50.2 Å². The first-order valence-electron chi connectivity index (χ1n) is 11.9. The summed E-state index contributed by atoms with van der Waals surface area (Å²) in [7, 11) is 0. The molecule has 1 unspecified atom stereocenters. The molecule has 2 aliphatic rings. The average Bonchev–Trinajstić information content (AvgIpc) is 3.07. The van der Waals surface area contributed by atoms with Crippen molar-refractivity contribution in [2.45, 2.75) is 52.4 Å². The molecule has 1 fully saturated rings. The Morgan fingerprint density at radius 1 is 1.06 bits per heavy atom. The highest BCUT2D eigenvalue weighted by Gasteiger charge is 2.55. The number of rotatable bonds is 7. The van der Waals surface area contributed by atoms with E-state index in [1.54, 1.807) is 5.01 Å². The van der Waals surface area contributed by atoms with E-state index in [4.69, 9.17) is 5.10 Å². The summed E-state index contributed by atoms with van der Waals surface area (Å²) in [5, 5.41) is 6.53. The quantitative estimate of drug-likeness (QED) is 0.444. The van der Waals surface area contributed by atoms with Crippen LogP contribution in [-0.2, 0) is 11.2 Å². The van der Waals surface area contributed by atoms with Gasteiger partial charge in [0, 0.05) is 5.92 Å². The Bertz CT molecular complexity index is 999. The molecular formula is C29H34N2O. The zero-order chi connectivity index (χ0) is 22.6. The van der Waals surface area contributed by atoms with Gasteiger partial charge in [-0.1, -0.05) is 92.1 Å². The van der Waals surface area contributed by atoms with Crippen molar-refractivity contribution in [1.82, 2.24) is 0 Å². The number of anilines is 1. The number of carbonyl (C=O) groups is 1. The first-order chi connectivity index (χ1) is 15.6. The van der Waals surface area contributed by atoms with Crippen LogP contribution in [0.15, 0.2) is 84.5 Å². The van der Waals surface area contributed by atoms with Crippen molar-refractivity contribution in [2.75, 3.05) is 5.01 Å². The minimum atomic E-state index is -0.687. The fourth-order valence-electron chi connectivity index (χ4n) is 5.53. The lowest BCUT2D eigenvalue weighted by molar-refractivity contribution is -0.126. The molecule has 3 heteroatoms. The number of carbonyl (C=O) groups excluding carboxylic acids is 1. The number of nitrogens with zero attached hydrogens (tertiary/aromatic N) is 2. The average molecular weight is 427 g/mol. The third-order valence-electron chi connectivity index (χ3n) is 7.26. The minimum Gasteiger partial charge on any atom is -0.271 e. The molecule has 0 N–H and O–H groups in total. The topological polar surface area (TPSA) is 32.7 Å². The number of amides is 1. The highest BCUT2D eigenvalue weighted by Crippen LogP contribution is 2.48. The SMILES string of the molecule is C=C/C=C/C(C1CCCCC1)[C@@]1(Cc2ccccc2)C(=O)N(c2ccc(C)cc2)N=C1C. The van der Waals surface area contributed by atoms with Crippen LogP contribution in [0.5, 0.6) is 0 Å². The molecule has 0 saturated heterocycles. The molecular weight excluding hydrogens is 392 g/mol. The molecule has 2 atom stereocenters. The zero-order valence-corrected chi connectivity index (χ0v) is 19.3. The molecule has 0 radical (unpaired) electrons. The van der Waals surface area contributed by atoms with Gasteiger partial charge in [0.1, 0.15) is 5.41 Å². The fraction of sp³-hybridized carbons (Fsp3) is 0.379. The number of hydrazone groups is 1. The van der Waals surface area contributed by atoms with Crippen molar-refractivity contribution in [3.8, 4) is 0 Å². The van der Waals surface area contributed by atoms with E-state index in [-0.39, 0.29) is 11.8 Å². The van der Waals surface area contributed by atoms with Gasteiger partial charge in [-0.15, -0.1) is 0 Å². The second-order valence-corrected chi connectivity index (χ2v) is 9.32. The van der Waals surface area contributed by atoms with Crippen LogP contribution in [0.3, 0.4) is 0 Å². The summed E-state index contributed by atoms with van der Waals surface area (Å²) in [4.78, 5) is 14.3. The molecule has 2 aromatic carbocycles. The number of allylic oxidation sites excluding steroid dienone is 3. The molecule has 1 amide bonds. The summed E-state index contributed by atoms with van der Waals surface area (Å²) < 4.78 is 0. The van der Waals surface area contributed by atoms with Crippen LogP contribution >= 0.6 is 0 Å². The van der Waals surface area contributed by atoms with E-state index >= 15 is 0 Å². The van der Waals surface area contributed by atoms with Gasteiger partial charge in [-0.2, -0.15) is 10.1 Å². The molecule has 1 aliphatic heterocycles. The van der Waals surface area contributed by atoms with Crippen molar-refractivity contribution in [2.24, 2.45) is 22.4 Å². The third kappa shape index (κ3) is 4.21. The minimum absolute atomic E-state index is 0.0898. The maximum atomic E-state index is 14.3. The number of hydrogen-bond donors (Lipinski definition) is 0. The maximum Gasteiger partial charge on any atom is 0.260 e. The molecule has 3 nitrogen and oxygen atoms in total. The Balaban J connectivity index is 1.82. The molecule has 0 aromatic heterocycles. The van der Waals surface area contributed by atoms with Crippen molar-refractivity contribution in [3.63, 3.8) is 0 Å². The Morgan fingerprint density at radius 2 is 1.75 bits per heavy atom. The smallest absolute Gasteiger partial charge is 0.260 e. The predicted molar refractivity (Wildman–Crippen MR) is 134 cm³/mol. The summed E-state index contributed by atoms with van der Waals surface area (Å²) in [6.45, 7) is 8.01. The van der Waals surface area contributed by atoms with Gasteiger partial charge in [-0.25, -0.2) is 0 Å². The van der Waals surface area contributed by atoms with Crippen LogP contribution in [0.4, 0.5) is 5.69 Å². The Kier molecular flexibility index (Phi) is 6.74. The van der Waals surface area contributed by atoms with Crippen LogP contribution in [-0.4, -0.2) is 11.6 Å². The molecule has 1 saturated carbocycles. The second-order valence-electron chi connectivity index (χ2n) is 9.32. The third-order valence-corrected chi connectivity index (χ3v) is 7.26. The summed E-state index contributed by atoms with van der Waals surface area (Å²) in [6, 6.07) is 18.5. The monoisotopic (exact) mass is 426 g/mol. The summed E-state index contributed by atoms with van der Waals surface area (Å²) in [5.74, 6) is 0.649. The summed E-state index contributed by atoms with van der Waals surface area (Å²) in [5.41, 5.74) is 3.41. The second kappa shape index (κ2) is 9.68. The standard InChI is InChI=1S/C29H34N2O/c1-4-5-16-27(25-14-10-7-11-15-25)29(21-24-12-8-6-9-13-24)23(3)30-31(28(29)32)26-19-17-22(2)18-20-26/h4-6,8-9,12-13,16-20,25,27H,1,7,10-11,14-15,21H2,2-3H3/b16-5+/t27?,29-/m0/s1. The van der Waals surface area contributed by atoms with Gasteiger partial charge in [-0.3, -0.25) is 4.79 Å². The first-order valence-corrected chi connectivity index (χ1v) is 11.9. The lowest BCUT2D eigenvalue weighted by atomic mass is 9.61. The normalized spacial score (nSPS) is 22.9. The Hall–Kier alpha value is -2.94. The van der Waals surface area contributed by atoms with E-state index in [0.29, 0.717) is 12.3 Å². The van der Waals surface area contributed by atoms with Gasteiger partial charge in [0.25, 0.3) is 5.91 Å². The maximum absolute atomic E-state index is 14.3. The van der Waals surface area contributed by atoms with Crippen molar-refractivity contribution in [3.05, 3.63) is 90.5 Å². The molecule has 1 heterocycles. The van der Waals surface area contributed by atoms with Gasteiger partial charge in [0.2, 0.25) is 0 Å². The van der Waals surface area contributed by atoms with Crippen LogP contribution < -0.4 is 5.01 Å². The van der Waals surface area contributed by atoms with E-state index in [9.17, 15) is 4.79 Å². The van der Waals surface area contributed by atoms with E-state index in [0.717, 1.165) is 24.2 Å². The predicted octanol–water partition coefficient (Wildman–Crippen LogP) is 6.89. The van der Waals surface area contributed by atoms with Crippen LogP contribution in [0, 0.1) is 24.2 Å². The zero-order valence-electron chi connectivity index (χ0n) is 19.3. The summed E-state index contributed by atoms with van der Waals surface area (Å²) in [6.07, 6.45) is 12.8. The van der Waals surface area contributed by atoms with Gasteiger partial charge in [0.15, 0.2) is 0 Å². The molecule has 32 heavy (non-hydrogen) atoms. The summed E-state index contributed by atoms with van der Waals surface area (Å²) >= 11 is 0. The number of benzene rings is 2. The lowest BCUT2D eigenvalue weighted by Crippen LogP contribution is -2.49. The van der Waals surface area contributed by atoms with Gasteiger partial charge in [0.05, 0.1) is 11.4 Å². The highest BCUT2D eigenvalue weighted by molar-refractivity contribution is 6.19. The molecule has 1 aliphatic carbocycles. The van der Waals surface area contributed by atoms with E-state index in [2.05, 4.69) is 43.8 Å². The molecule has 4 rings (SSSR count).